The predicted octanol–water partition coefficient (Wildman–Crippen LogP) is 1.40. The van der Waals surface area contributed by atoms with Gasteiger partial charge in [-0.2, -0.15) is 0 Å². The zero-order valence-corrected chi connectivity index (χ0v) is 6.35. The van der Waals surface area contributed by atoms with Crippen LogP contribution >= 0.6 is 11.3 Å². The van der Waals surface area contributed by atoms with E-state index < -0.39 is 0 Å². The van der Waals surface area contributed by atoms with Crippen molar-refractivity contribution in [3.63, 3.8) is 0 Å². The molecule has 1 aromatic heterocycles. The van der Waals surface area contributed by atoms with E-state index in [2.05, 4.69) is 13.8 Å². The van der Waals surface area contributed by atoms with E-state index in [1.807, 2.05) is 5.38 Å². The molecule has 0 fully saturated rings. The fraction of sp³-hybridized carbons (Fsp3) is 0.500. The standard InChI is InChI=1S/C6H10NOS/c1-5(2)6-3-9-4-7(6)8/h3-5,8H,1-2H3/q+1. The third-order valence-electron chi connectivity index (χ3n) is 1.21. The quantitative estimate of drug-likeness (QED) is 0.467. The van der Waals surface area contributed by atoms with Crippen LogP contribution in [0, 0.1) is 0 Å². The van der Waals surface area contributed by atoms with Crippen LogP contribution in [0.4, 0.5) is 0 Å². The van der Waals surface area contributed by atoms with Crippen LogP contribution in [0.3, 0.4) is 0 Å². The maximum absolute atomic E-state index is 9.05. The Balaban J connectivity index is 2.94. The van der Waals surface area contributed by atoms with Gasteiger partial charge in [0.25, 0.3) is 5.51 Å². The second-order valence-corrected chi connectivity index (χ2v) is 3.00. The largest absolute Gasteiger partial charge is 0.284 e. The lowest BCUT2D eigenvalue weighted by Gasteiger charge is -1.91. The summed E-state index contributed by atoms with van der Waals surface area (Å²) in [6, 6.07) is 0. The molecule has 0 aliphatic carbocycles. The van der Waals surface area contributed by atoms with Crippen molar-refractivity contribution in [2.24, 2.45) is 0 Å². The lowest BCUT2D eigenvalue weighted by molar-refractivity contribution is -0.906. The first-order valence-corrected chi connectivity index (χ1v) is 3.83. The lowest BCUT2D eigenvalue weighted by Crippen LogP contribution is -2.31. The van der Waals surface area contributed by atoms with Crippen molar-refractivity contribution in [3.05, 3.63) is 16.6 Å². The van der Waals surface area contributed by atoms with Crippen molar-refractivity contribution >= 4 is 11.3 Å². The third kappa shape index (κ3) is 1.21. The van der Waals surface area contributed by atoms with Gasteiger partial charge in [-0.25, -0.2) is 0 Å². The van der Waals surface area contributed by atoms with Gasteiger partial charge in [0.2, 0.25) is 5.69 Å². The molecular weight excluding hydrogens is 134 g/mol. The summed E-state index contributed by atoms with van der Waals surface area (Å²) in [4.78, 5) is 0. The van der Waals surface area contributed by atoms with Gasteiger partial charge < -0.3 is 0 Å². The minimum atomic E-state index is 0.404. The zero-order valence-electron chi connectivity index (χ0n) is 5.53. The molecule has 0 aromatic carbocycles. The molecule has 0 aliphatic rings. The van der Waals surface area contributed by atoms with E-state index in [9.17, 15) is 0 Å². The summed E-state index contributed by atoms with van der Waals surface area (Å²) in [5, 5.41) is 11.0. The van der Waals surface area contributed by atoms with Gasteiger partial charge in [-0.3, -0.25) is 5.21 Å². The maximum atomic E-state index is 9.05. The predicted molar refractivity (Wildman–Crippen MR) is 35.8 cm³/mol. The molecule has 0 bridgehead atoms. The van der Waals surface area contributed by atoms with Crippen LogP contribution in [-0.4, -0.2) is 5.21 Å². The highest BCUT2D eigenvalue weighted by Gasteiger charge is 2.13. The van der Waals surface area contributed by atoms with Gasteiger partial charge in [0.1, 0.15) is 0 Å². The highest BCUT2D eigenvalue weighted by atomic mass is 32.1. The molecule has 0 unspecified atom stereocenters. The van der Waals surface area contributed by atoms with Gasteiger partial charge in [0.05, 0.1) is 5.38 Å². The number of aromatic nitrogens is 1. The van der Waals surface area contributed by atoms with E-state index >= 15 is 0 Å². The molecule has 0 saturated carbocycles. The van der Waals surface area contributed by atoms with Crippen molar-refractivity contribution in [2.45, 2.75) is 19.8 Å². The fourth-order valence-electron chi connectivity index (χ4n) is 0.673. The molecule has 0 radical (unpaired) electrons. The van der Waals surface area contributed by atoms with Crippen molar-refractivity contribution in [2.75, 3.05) is 0 Å². The molecule has 0 aliphatic heterocycles. The van der Waals surface area contributed by atoms with Gasteiger partial charge in [0.15, 0.2) is 0 Å². The van der Waals surface area contributed by atoms with Crippen molar-refractivity contribution in [1.29, 1.82) is 0 Å². The summed E-state index contributed by atoms with van der Waals surface area (Å²) in [6.45, 7) is 4.10. The zero-order chi connectivity index (χ0) is 6.85. The van der Waals surface area contributed by atoms with E-state index in [1.165, 1.54) is 16.1 Å². The van der Waals surface area contributed by atoms with E-state index in [0.29, 0.717) is 5.92 Å². The summed E-state index contributed by atoms with van der Waals surface area (Å²) in [7, 11) is 0. The van der Waals surface area contributed by atoms with Crippen LogP contribution in [0.1, 0.15) is 25.5 Å². The second-order valence-electron chi connectivity index (χ2n) is 2.28. The summed E-state index contributed by atoms with van der Waals surface area (Å²) >= 11 is 1.51. The topological polar surface area (TPSA) is 24.1 Å². The summed E-state index contributed by atoms with van der Waals surface area (Å²) in [6.07, 6.45) is 0. The van der Waals surface area contributed by atoms with Crippen LogP contribution in [0.5, 0.6) is 0 Å². The van der Waals surface area contributed by atoms with Crippen molar-refractivity contribution in [3.8, 4) is 0 Å². The Labute approximate surface area is 58.3 Å². The molecule has 0 amide bonds. The van der Waals surface area contributed by atoms with E-state index in [4.69, 9.17) is 5.21 Å². The number of rotatable bonds is 1. The van der Waals surface area contributed by atoms with Crippen molar-refractivity contribution < 1.29 is 9.94 Å². The van der Waals surface area contributed by atoms with Gasteiger partial charge >= 0.3 is 0 Å². The number of thiazole rings is 1. The minimum absolute atomic E-state index is 0.404. The van der Waals surface area contributed by atoms with Crippen LogP contribution in [0.15, 0.2) is 10.9 Å². The third-order valence-corrected chi connectivity index (χ3v) is 1.90. The SMILES string of the molecule is CC(C)c1csc[n+]1O. The Kier molecular flexibility index (Phi) is 1.71. The molecule has 0 atom stereocenters. The normalized spacial score (nSPS) is 10.6. The molecule has 50 valence electrons. The molecule has 1 heterocycles. The molecule has 1 rings (SSSR count). The molecule has 0 saturated heterocycles. The number of hydrogen-bond acceptors (Lipinski definition) is 2. The molecule has 0 spiro atoms. The van der Waals surface area contributed by atoms with Crippen LogP contribution in [-0.2, 0) is 0 Å². The first-order chi connectivity index (χ1) is 4.22. The van der Waals surface area contributed by atoms with Gasteiger partial charge in [0, 0.05) is 10.6 Å². The average molecular weight is 144 g/mol. The Morgan fingerprint density at radius 2 is 2.33 bits per heavy atom. The lowest BCUT2D eigenvalue weighted by atomic mass is 10.2. The van der Waals surface area contributed by atoms with E-state index in [0.717, 1.165) is 5.69 Å². The monoisotopic (exact) mass is 144 g/mol. The summed E-state index contributed by atoms with van der Waals surface area (Å²) < 4.78 is 1.18. The molecule has 3 heteroatoms. The van der Waals surface area contributed by atoms with Crippen LogP contribution in [0.25, 0.3) is 0 Å². The van der Waals surface area contributed by atoms with Gasteiger partial charge in [-0.15, -0.1) is 0 Å². The molecule has 2 nitrogen and oxygen atoms in total. The van der Waals surface area contributed by atoms with Crippen LogP contribution < -0.4 is 4.73 Å². The Morgan fingerprint density at radius 3 is 2.56 bits per heavy atom. The Hall–Kier alpha value is -0.570. The first kappa shape index (κ1) is 6.55. The highest BCUT2D eigenvalue weighted by molar-refractivity contribution is 7.07. The minimum Gasteiger partial charge on any atom is -0.284 e. The van der Waals surface area contributed by atoms with Crippen molar-refractivity contribution in [1.82, 2.24) is 0 Å². The second kappa shape index (κ2) is 2.35. The fourth-order valence-corrected chi connectivity index (χ4v) is 1.49. The smallest absolute Gasteiger partial charge is 0.276 e. The number of hydrogen-bond donors (Lipinski definition) is 1. The number of nitrogens with zero attached hydrogens (tertiary/aromatic N) is 1. The first-order valence-electron chi connectivity index (χ1n) is 2.89. The summed E-state index contributed by atoms with van der Waals surface area (Å²) in [5.74, 6) is 0.404. The Bertz CT molecular complexity index is 195. The van der Waals surface area contributed by atoms with Gasteiger partial charge in [-0.05, 0) is 0 Å². The molecule has 1 N–H and O–H groups in total. The Morgan fingerprint density at radius 1 is 1.67 bits per heavy atom. The molecular formula is C6H10NOS+. The molecule has 1 aromatic rings. The highest BCUT2D eigenvalue weighted by Crippen LogP contribution is 2.10. The van der Waals surface area contributed by atoms with E-state index in [-0.39, 0.29) is 0 Å². The molecule has 9 heavy (non-hydrogen) atoms. The average Bonchev–Trinajstić information content (AvgIpc) is 2.13. The van der Waals surface area contributed by atoms with Crippen LogP contribution in [0.2, 0.25) is 0 Å². The van der Waals surface area contributed by atoms with E-state index in [1.54, 1.807) is 5.51 Å². The maximum Gasteiger partial charge on any atom is 0.276 e. The summed E-state index contributed by atoms with van der Waals surface area (Å²) in [5.41, 5.74) is 2.65. The van der Waals surface area contributed by atoms with Gasteiger partial charge in [-0.1, -0.05) is 25.2 Å².